The molecule has 1 amide bonds. The standard InChI is InChI=1S/C26H32ClN5O8S4/c1-26(2,3)40-30-25(33)22-18-31(42(34,35)16-13-29-43(36,37)21-5-4-12-28-17-21)14-15-32(22)44(38,39)24-11-10-23(41-24)19-6-8-20(27)9-7-19/h4-12,17,22,29H,13-16,18H2,1-3H3,(H,30,33)/t22-/m1/s1. The molecule has 1 aliphatic heterocycles. The van der Waals surface area contributed by atoms with Gasteiger partial charge in [-0.2, -0.15) is 8.61 Å². The van der Waals surface area contributed by atoms with E-state index >= 15 is 0 Å². The SMILES string of the molecule is CC(C)(C)ONC(=O)[C@H]1CN(S(=O)(=O)CCNS(=O)(=O)c2cccnc2)CCN1S(=O)(=O)c1ccc(-c2ccc(Cl)cc2)s1. The minimum Gasteiger partial charge on any atom is -0.271 e. The van der Waals surface area contributed by atoms with Crippen LogP contribution in [0.1, 0.15) is 20.8 Å². The Morgan fingerprint density at radius 2 is 1.75 bits per heavy atom. The van der Waals surface area contributed by atoms with Crippen molar-refractivity contribution in [2.45, 2.75) is 41.5 Å². The Bertz CT molecular complexity index is 1790. The number of carbonyl (C=O) groups excluding carboxylic acids is 1. The van der Waals surface area contributed by atoms with Crippen LogP contribution in [0.25, 0.3) is 10.4 Å². The van der Waals surface area contributed by atoms with E-state index in [0.29, 0.717) is 9.90 Å². The van der Waals surface area contributed by atoms with Crippen LogP contribution in [-0.2, 0) is 39.7 Å². The predicted octanol–water partition coefficient (Wildman–Crippen LogP) is 2.29. The molecular weight excluding hydrogens is 674 g/mol. The van der Waals surface area contributed by atoms with Gasteiger partial charge in [-0.15, -0.1) is 11.3 Å². The first-order valence-corrected chi connectivity index (χ1v) is 19.0. The van der Waals surface area contributed by atoms with Crippen molar-refractivity contribution in [2.24, 2.45) is 0 Å². The molecule has 3 heterocycles. The zero-order valence-electron chi connectivity index (χ0n) is 24.0. The van der Waals surface area contributed by atoms with Gasteiger partial charge in [-0.05, 0) is 62.7 Å². The number of hydroxylamine groups is 1. The zero-order valence-corrected chi connectivity index (χ0v) is 28.0. The van der Waals surface area contributed by atoms with Gasteiger partial charge in [0.1, 0.15) is 15.1 Å². The molecule has 2 N–H and O–H groups in total. The number of pyridine rings is 1. The molecule has 18 heteroatoms. The molecule has 0 unspecified atom stereocenters. The smallest absolute Gasteiger partial charge is 0.263 e. The molecule has 13 nitrogen and oxygen atoms in total. The summed E-state index contributed by atoms with van der Waals surface area (Å²) in [6.45, 7) is 3.49. The lowest BCUT2D eigenvalue weighted by atomic mass is 10.2. The van der Waals surface area contributed by atoms with E-state index in [1.54, 1.807) is 51.1 Å². The summed E-state index contributed by atoms with van der Waals surface area (Å²) in [7, 11) is -12.4. The van der Waals surface area contributed by atoms with Crippen LogP contribution in [-0.4, -0.2) is 88.3 Å². The monoisotopic (exact) mass is 705 g/mol. The summed E-state index contributed by atoms with van der Waals surface area (Å²) >= 11 is 6.97. The van der Waals surface area contributed by atoms with Gasteiger partial charge in [-0.3, -0.25) is 14.6 Å². The van der Waals surface area contributed by atoms with Crippen molar-refractivity contribution in [3.8, 4) is 10.4 Å². The third kappa shape index (κ3) is 8.41. The number of carbonyl (C=O) groups is 1. The van der Waals surface area contributed by atoms with Crippen molar-refractivity contribution in [3.05, 3.63) is 65.9 Å². The molecule has 0 aliphatic carbocycles. The molecule has 240 valence electrons. The Hall–Kier alpha value is -2.48. The Kier molecular flexibility index (Phi) is 10.5. The van der Waals surface area contributed by atoms with Gasteiger partial charge in [0.05, 0.1) is 11.4 Å². The van der Waals surface area contributed by atoms with E-state index in [1.807, 2.05) is 0 Å². The Morgan fingerprint density at radius 1 is 1.05 bits per heavy atom. The maximum Gasteiger partial charge on any atom is 0.263 e. The number of piperazine rings is 1. The van der Waals surface area contributed by atoms with Gasteiger partial charge in [-0.25, -0.2) is 35.5 Å². The van der Waals surface area contributed by atoms with Gasteiger partial charge < -0.3 is 0 Å². The number of amides is 1. The van der Waals surface area contributed by atoms with Crippen LogP contribution in [0.5, 0.6) is 0 Å². The number of sulfonamides is 3. The first-order chi connectivity index (χ1) is 20.5. The zero-order chi connectivity index (χ0) is 32.3. The summed E-state index contributed by atoms with van der Waals surface area (Å²) < 4.78 is 83.2. The van der Waals surface area contributed by atoms with Gasteiger partial charge in [0.25, 0.3) is 15.9 Å². The summed E-state index contributed by atoms with van der Waals surface area (Å²) in [4.78, 5) is 23.0. The maximum atomic E-state index is 13.8. The molecule has 0 radical (unpaired) electrons. The fraction of sp³-hybridized carbons (Fsp3) is 0.385. The number of thiophene rings is 1. The summed E-state index contributed by atoms with van der Waals surface area (Å²) in [6, 6.07) is 11.2. The summed E-state index contributed by atoms with van der Waals surface area (Å²) in [5.74, 6) is -1.48. The molecule has 4 rings (SSSR count). The number of rotatable bonds is 11. The topological polar surface area (TPSA) is 172 Å². The Labute approximate surface area is 266 Å². The lowest BCUT2D eigenvalue weighted by molar-refractivity contribution is -0.150. The maximum absolute atomic E-state index is 13.8. The second-order valence-corrected chi connectivity index (χ2v) is 18.2. The van der Waals surface area contributed by atoms with E-state index in [-0.39, 0.29) is 22.2 Å². The molecule has 44 heavy (non-hydrogen) atoms. The van der Waals surface area contributed by atoms with Crippen molar-refractivity contribution < 1.29 is 34.9 Å². The van der Waals surface area contributed by atoms with Gasteiger partial charge in [0.2, 0.25) is 20.0 Å². The number of nitrogens with zero attached hydrogens (tertiary/aromatic N) is 3. The fourth-order valence-electron chi connectivity index (χ4n) is 4.13. The lowest BCUT2D eigenvalue weighted by Gasteiger charge is -2.38. The second kappa shape index (κ2) is 13.5. The average molecular weight is 706 g/mol. The van der Waals surface area contributed by atoms with Crippen LogP contribution >= 0.6 is 22.9 Å². The summed E-state index contributed by atoms with van der Waals surface area (Å²) in [5, 5.41) is 0.531. The highest BCUT2D eigenvalue weighted by atomic mass is 35.5. The van der Waals surface area contributed by atoms with Crippen molar-refractivity contribution in [1.82, 2.24) is 23.8 Å². The van der Waals surface area contributed by atoms with Crippen LogP contribution < -0.4 is 10.2 Å². The van der Waals surface area contributed by atoms with E-state index in [1.165, 1.54) is 24.4 Å². The third-order valence-electron chi connectivity index (χ3n) is 6.32. The van der Waals surface area contributed by atoms with Crippen LogP contribution in [0, 0.1) is 0 Å². The number of aromatic nitrogens is 1. The van der Waals surface area contributed by atoms with Gasteiger partial charge in [0, 0.05) is 48.5 Å². The van der Waals surface area contributed by atoms with Crippen LogP contribution in [0.3, 0.4) is 0 Å². The number of hydrogen-bond acceptors (Lipinski definition) is 10. The van der Waals surface area contributed by atoms with Crippen LogP contribution in [0.2, 0.25) is 5.02 Å². The van der Waals surface area contributed by atoms with Crippen molar-refractivity contribution in [1.29, 1.82) is 0 Å². The van der Waals surface area contributed by atoms with Crippen molar-refractivity contribution >= 4 is 58.9 Å². The van der Waals surface area contributed by atoms with Crippen molar-refractivity contribution in [3.63, 3.8) is 0 Å². The Morgan fingerprint density at radius 3 is 2.39 bits per heavy atom. The molecule has 1 fully saturated rings. The lowest BCUT2D eigenvalue weighted by Crippen LogP contribution is -2.62. The molecule has 1 aliphatic rings. The summed E-state index contributed by atoms with van der Waals surface area (Å²) in [5.41, 5.74) is 2.20. The first-order valence-electron chi connectivity index (χ1n) is 13.2. The molecule has 0 saturated carbocycles. The number of hydrogen-bond donors (Lipinski definition) is 2. The van der Waals surface area contributed by atoms with E-state index in [0.717, 1.165) is 31.7 Å². The van der Waals surface area contributed by atoms with E-state index in [4.69, 9.17) is 16.4 Å². The minimum atomic E-state index is -4.25. The molecule has 1 aromatic carbocycles. The predicted molar refractivity (Wildman–Crippen MR) is 166 cm³/mol. The largest absolute Gasteiger partial charge is 0.271 e. The van der Waals surface area contributed by atoms with E-state index < -0.39 is 66.5 Å². The molecular formula is C26H32ClN5O8S4. The molecule has 3 aromatic rings. The van der Waals surface area contributed by atoms with Crippen LogP contribution in [0.4, 0.5) is 0 Å². The molecule has 1 saturated heterocycles. The van der Waals surface area contributed by atoms with Gasteiger partial charge in [0.15, 0.2) is 0 Å². The van der Waals surface area contributed by atoms with Gasteiger partial charge >= 0.3 is 0 Å². The quantitative estimate of drug-likeness (QED) is 0.284. The molecule has 0 bridgehead atoms. The van der Waals surface area contributed by atoms with Crippen LogP contribution in [0.15, 0.2) is 70.0 Å². The third-order valence-corrected chi connectivity index (χ3v) is 13.4. The first kappa shape index (κ1) is 34.4. The average Bonchev–Trinajstić information content (AvgIpc) is 3.47. The van der Waals surface area contributed by atoms with E-state index in [2.05, 4.69) is 15.2 Å². The molecule has 2 aromatic heterocycles. The highest BCUT2D eigenvalue weighted by molar-refractivity contribution is 7.91. The number of nitrogens with one attached hydrogen (secondary N) is 2. The summed E-state index contributed by atoms with van der Waals surface area (Å²) in [6.07, 6.45) is 2.53. The second-order valence-electron chi connectivity index (χ2n) is 10.7. The minimum absolute atomic E-state index is 0.0295. The highest BCUT2D eigenvalue weighted by Crippen LogP contribution is 2.34. The Balaban J connectivity index is 1.54. The number of benzene rings is 1. The number of halogens is 1. The molecule has 0 spiro atoms. The fourth-order valence-corrected chi connectivity index (χ4v) is 9.74. The molecule has 1 atom stereocenters. The van der Waals surface area contributed by atoms with Crippen molar-refractivity contribution in [2.75, 3.05) is 31.9 Å². The highest BCUT2D eigenvalue weighted by Gasteiger charge is 2.44. The normalized spacial score (nSPS) is 17.4. The van der Waals surface area contributed by atoms with Gasteiger partial charge in [-0.1, -0.05) is 23.7 Å². The van der Waals surface area contributed by atoms with E-state index in [9.17, 15) is 30.0 Å².